The van der Waals surface area contributed by atoms with Gasteiger partial charge in [0.05, 0.1) is 5.69 Å². The number of hydrogen-bond donors (Lipinski definition) is 3. The third-order valence-electron chi connectivity index (χ3n) is 2.93. The number of nitrogens with zero attached hydrogens (tertiary/aromatic N) is 3. The minimum atomic E-state index is -0.674. The average Bonchev–Trinajstić information content (AvgIpc) is 2.91. The number of amides is 2. The minimum absolute atomic E-state index is 0.00986. The minimum Gasteiger partial charge on any atom is -0.308 e. The van der Waals surface area contributed by atoms with Gasteiger partial charge in [0.1, 0.15) is 17.8 Å². The van der Waals surface area contributed by atoms with E-state index >= 15 is 0 Å². The molecule has 0 aliphatic carbocycles. The highest BCUT2D eigenvalue weighted by atomic mass is 19.1. The molecule has 112 valence electrons. The number of aromatic amines is 1. The van der Waals surface area contributed by atoms with Crippen LogP contribution < -0.4 is 16.2 Å². The van der Waals surface area contributed by atoms with Crippen LogP contribution in [0, 0.1) is 12.7 Å². The van der Waals surface area contributed by atoms with E-state index in [-0.39, 0.29) is 17.2 Å². The molecule has 2 heterocycles. The van der Waals surface area contributed by atoms with Crippen LogP contribution in [0.5, 0.6) is 0 Å². The average molecular weight is 302 g/mol. The maximum atomic E-state index is 13.1. The van der Waals surface area contributed by atoms with Gasteiger partial charge in [-0.1, -0.05) is 6.07 Å². The van der Waals surface area contributed by atoms with Gasteiger partial charge in [0, 0.05) is 5.69 Å². The van der Waals surface area contributed by atoms with E-state index < -0.39 is 17.4 Å². The Hall–Kier alpha value is -3.23. The molecular weight excluding hydrogens is 291 g/mol. The summed E-state index contributed by atoms with van der Waals surface area (Å²) < 4.78 is 14.2. The number of aromatic nitrogens is 4. The first-order chi connectivity index (χ1) is 10.5. The fraction of sp³-hybridized carbons (Fsp3) is 0.0769. The number of hydrogen-bond acceptors (Lipinski definition) is 4. The molecule has 0 aliphatic rings. The number of carbonyl (C=O) groups excluding carboxylic acids is 1. The lowest BCUT2D eigenvalue weighted by Crippen LogP contribution is -2.28. The summed E-state index contributed by atoms with van der Waals surface area (Å²) >= 11 is 0. The largest absolute Gasteiger partial charge is 0.323 e. The van der Waals surface area contributed by atoms with Crippen LogP contribution in [0.25, 0.3) is 5.78 Å². The van der Waals surface area contributed by atoms with Gasteiger partial charge in [-0.2, -0.15) is 4.52 Å². The van der Waals surface area contributed by atoms with Crippen molar-refractivity contribution >= 4 is 23.2 Å². The van der Waals surface area contributed by atoms with Crippen LogP contribution in [0.2, 0.25) is 0 Å². The number of carbonyl (C=O) groups is 1. The third-order valence-corrected chi connectivity index (χ3v) is 2.93. The van der Waals surface area contributed by atoms with Gasteiger partial charge in [-0.15, -0.1) is 0 Å². The van der Waals surface area contributed by atoms with Gasteiger partial charge in [0.2, 0.25) is 0 Å². The van der Waals surface area contributed by atoms with Crippen molar-refractivity contribution in [3.05, 3.63) is 52.5 Å². The maximum Gasteiger partial charge on any atom is 0.323 e. The molecule has 1 aromatic carbocycles. The van der Waals surface area contributed by atoms with E-state index in [1.54, 1.807) is 6.92 Å². The Morgan fingerprint density at radius 2 is 2.18 bits per heavy atom. The quantitative estimate of drug-likeness (QED) is 0.667. The highest BCUT2D eigenvalue weighted by Gasteiger charge is 2.14. The summed E-state index contributed by atoms with van der Waals surface area (Å²) in [6.45, 7) is 1.58. The third kappa shape index (κ3) is 2.51. The van der Waals surface area contributed by atoms with Crippen LogP contribution in [0.4, 0.5) is 20.6 Å². The van der Waals surface area contributed by atoms with E-state index in [1.165, 1.54) is 24.5 Å². The van der Waals surface area contributed by atoms with Gasteiger partial charge < -0.3 is 10.6 Å². The van der Waals surface area contributed by atoms with E-state index in [0.29, 0.717) is 5.69 Å². The molecule has 0 unspecified atom stereocenters. The summed E-state index contributed by atoms with van der Waals surface area (Å²) in [6.07, 6.45) is 1.32. The van der Waals surface area contributed by atoms with Crippen molar-refractivity contribution in [2.24, 2.45) is 0 Å². The lowest BCUT2D eigenvalue weighted by atomic mass is 10.3. The summed E-state index contributed by atoms with van der Waals surface area (Å²) in [5.41, 5.74) is 0.113. The Labute approximate surface area is 123 Å². The van der Waals surface area contributed by atoms with E-state index in [2.05, 4.69) is 25.7 Å². The molecule has 8 nitrogen and oxygen atoms in total. The molecule has 0 saturated carbocycles. The second-order valence-electron chi connectivity index (χ2n) is 4.49. The SMILES string of the molecule is Cc1nc2nc[nH]n2c(=O)c1NC(=O)Nc1cccc(F)c1. The Bertz CT molecular complexity index is 916. The molecular formula is C13H11FN6O2. The number of nitrogens with one attached hydrogen (secondary N) is 3. The molecule has 0 radical (unpaired) electrons. The van der Waals surface area contributed by atoms with Crippen LogP contribution in [-0.2, 0) is 0 Å². The fourth-order valence-corrected chi connectivity index (χ4v) is 1.95. The van der Waals surface area contributed by atoms with Crippen molar-refractivity contribution in [3.63, 3.8) is 0 Å². The second-order valence-corrected chi connectivity index (χ2v) is 4.49. The van der Waals surface area contributed by atoms with Crippen LogP contribution in [0.3, 0.4) is 0 Å². The molecule has 0 atom stereocenters. The summed E-state index contributed by atoms with van der Waals surface area (Å²) in [7, 11) is 0. The topological polar surface area (TPSA) is 104 Å². The highest BCUT2D eigenvalue weighted by Crippen LogP contribution is 2.11. The van der Waals surface area contributed by atoms with Crippen molar-refractivity contribution in [1.82, 2.24) is 19.6 Å². The molecule has 9 heteroatoms. The van der Waals surface area contributed by atoms with Crippen molar-refractivity contribution < 1.29 is 9.18 Å². The van der Waals surface area contributed by atoms with Crippen molar-refractivity contribution in [3.8, 4) is 0 Å². The molecule has 0 bridgehead atoms. The van der Waals surface area contributed by atoms with Crippen LogP contribution in [0.1, 0.15) is 5.69 Å². The standard InChI is InChI=1S/C13H11FN6O2/c1-7-10(11(21)20-12(17-7)15-6-16-20)19-13(22)18-9-4-2-3-8(14)5-9/h2-6H,1H3,(H,15,16,17)(H2,18,19,22). The Morgan fingerprint density at radius 1 is 1.36 bits per heavy atom. The van der Waals surface area contributed by atoms with Gasteiger partial charge in [0.15, 0.2) is 0 Å². The van der Waals surface area contributed by atoms with Gasteiger partial charge in [-0.3, -0.25) is 9.89 Å². The van der Waals surface area contributed by atoms with Gasteiger partial charge in [-0.25, -0.2) is 19.2 Å². The predicted molar refractivity (Wildman–Crippen MR) is 77.4 cm³/mol. The first-order valence-corrected chi connectivity index (χ1v) is 6.31. The Balaban J connectivity index is 1.86. The fourth-order valence-electron chi connectivity index (χ4n) is 1.95. The number of halogens is 1. The second kappa shape index (κ2) is 5.28. The van der Waals surface area contributed by atoms with Crippen LogP contribution in [-0.4, -0.2) is 25.6 Å². The first kappa shape index (κ1) is 13.7. The van der Waals surface area contributed by atoms with Crippen molar-refractivity contribution in [2.75, 3.05) is 10.6 Å². The molecule has 0 saturated heterocycles. The lowest BCUT2D eigenvalue weighted by molar-refractivity contribution is 0.262. The van der Waals surface area contributed by atoms with Crippen molar-refractivity contribution in [1.29, 1.82) is 0 Å². The molecule has 3 aromatic rings. The zero-order valence-corrected chi connectivity index (χ0v) is 11.4. The summed E-state index contributed by atoms with van der Waals surface area (Å²) in [5, 5.41) is 7.44. The normalized spacial score (nSPS) is 10.6. The molecule has 3 rings (SSSR count). The summed E-state index contributed by atoms with van der Waals surface area (Å²) in [4.78, 5) is 32.1. The molecule has 0 spiro atoms. The van der Waals surface area contributed by atoms with E-state index in [4.69, 9.17) is 0 Å². The monoisotopic (exact) mass is 302 g/mol. The predicted octanol–water partition coefficient (Wildman–Crippen LogP) is 1.51. The van der Waals surface area contributed by atoms with E-state index in [9.17, 15) is 14.0 Å². The summed E-state index contributed by atoms with van der Waals surface area (Å²) in [5.74, 6) is -0.270. The first-order valence-electron chi connectivity index (χ1n) is 6.31. The highest BCUT2D eigenvalue weighted by molar-refractivity contribution is 5.99. The van der Waals surface area contributed by atoms with E-state index in [0.717, 1.165) is 10.6 Å². The molecule has 2 amide bonds. The van der Waals surface area contributed by atoms with Crippen LogP contribution in [0.15, 0.2) is 35.4 Å². The molecule has 3 N–H and O–H groups in total. The van der Waals surface area contributed by atoms with Gasteiger partial charge >= 0.3 is 6.03 Å². The number of aryl methyl sites for hydroxylation is 1. The van der Waals surface area contributed by atoms with Gasteiger partial charge in [-0.05, 0) is 25.1 Å². The smallest absolute Gasteiger partial charge is 0.308 e. The number of rotatable bonds is 2. The molecule has 22 heavy (non-hydrogen) atoms. The zero-order valence-electron chi connectivity index (χ0n) is 11.4. The van der Waals surface area contributed by atoms with E-state index in [1.807, 2.05) is 0 Å². The number of urea groups is 1. The Morgan fingerprint density at radius 3 is 2.95 bits per heavy atom. The molecule has 0 fully saturated rings. The number of H-pyrrole nitrogens is 1. The maximum absolute atomic E-state index is 13.1. The lowest BCUT2D eigenvalue weighted by Gasteiger charge is -2.09. The molecule has 0 aliphatic heterocycles. The number of benzene rings is 1. The van der Waals surface area contributed by atoms with Crippen LogP contribution >= 0.6 is 0 Å². The number of fused-ring (bicyclic) bond motifs is 1. The van der Waals surface area contributed by atoms with Gasteiger partial charge in [0.25, 0.3) is 11.3 Å². The zero-order chi connectivity index (χ0) is 15.7. The Kier molecular flexibility index (Phi) is 3.30. The molecule has 2 aromatic heterocycles. The summed E-state index contributed by atoms with van der Waals surface area (Å²) in [6, 6.07) is 4.74. The van der Waals surface area contributed by atoms with Crippen molar-refractivity contribution in [2.45, 2.75) is 6.92 Å². The number of anilines is 2.